The van der Waals surface area contributed by atoms with Crippen molar-refractivity contribution in [3.05, 3.63) is 54.1 Å². The molecule has 0 N–H and O–H groups in total. The van der Waals surface area contributed by atoms with Crippen LogP contribution in [0.1, 0.15) is 26.3 Å². The molecular weight excluding hydrogens is 223 g/mol. The number of hydrogen-bond acceptors (Lipinski definition) is 0. The smallest absolute Gasteiger partial charge is 0.0184 e. The predicted octanol–water partition coefficient (Wildman–Crippen LogP) is 4.44. The highest BCUT2D eigenvalue weighted by Gasteiger charge is 1.96. The summed E-state index contributed by atoms with van der Waals surface area (Å²) in [5.74, 6) is 0. The summed E-state index contributed by atoms with van der Waals surface area (Å²) in [5, 5.41) is 1.23. The van der Waals surface area contributed by atoms with Gasteiger partial charge in [0.15, 0.2) is 0 Å². The van der Waals surface area contributed by atoms with Gasteiger partial charge in [0, 0.05) is 0 Å². The maximum atomic E-state index is 2.70. The Morgan fingerprint density at radius 1 is 0.765 bits per heavy atom. The summed E-state index contributed by atoms with van der Waals surface area (Å²) >= 11 is 0. The van der Waals surface area contributed by atoms with Crippen molar-refractivity contribution in [2.75, 3.05) is 0 Å². The highest BCUT2D eigenvalue weighted by Crippen LogP contribution is 2.19. The standard InChI is InChI=1S/C14H15P.C2H6/c1-2-11-3-5-12(6-4-11)13-7-9-14(15)10-8-13;1-2/h3-10H,2,15H2,1H3;1-2H3. The number of rotatable bonds is 2. The molecule has 2 rings (SSSR count). The Labute approximate surface area is 107 Å². The molecule has 0 heterocycles. The fourth-order valence-electron chi connectivity index (χ4n) is 1.61. The molecule has 0 aliphatic carbocycles. The lowest BCUT2D eigenvalue weighted by molar-refractivity contribution is 1.14. The molecule has 0 amide bonds. The van der Waals surface area contributed by atoms with E-state index in [0.717, 1.165) is 6.42 Å². The molecule has 0 aromatic heterocycles. The van der Waals surface area contributed by atoms with Gasteiger partial charge in [0.05, 0.1) is 0 Å². The third kappa shape index (κ3) is 3.98. The van der Waals surface area contributed by atoms with Gasteiger partial charge in [-0.1, -0.05) is 69.3 Å². The summed E-state index contributed by atoms with van der Waals surface area (Å²) in [6.07, 6.45) is 1.10. The molecule has 2 aromatic carbocycles. The Morgan fingerprint density at radius 2 is 1.18 bits per heavy atom. The Kier molecular flexibility index (Phi) is 5.94. The molecule has 17 heavy (non-hydrogen) atoms. The second-order valence-electron chi connectivity index (χ2n) is 3.67. The van der Waals surface area contributed by atoms with Gasteiger partial charge in [-0.15, -0.1) is 9.24 Å². The van der Waals surface area contributed by atoms with E-state index in [-0.39, 0.29) is 0 Å². The van der Waals surface area contributed by atoms with E-state index >= 15 is 0 Å². The number of hydrogen-bond donors (Lipinski definition) is 0. The molecule has 0 saturated heterocycles. The fraction of sp³-hybridized carbons (Fsp3) is 0.250. The van der Waals surface area contributed by atoms with Crippen LogP contribution < -0.4 is 5.30 Å². The van der Waals surface area contributed by atoms with Gasteiger partial charge in [0.2, 0.25) is 0 Å². The Hall–Kier alpha value is -1.13. The summed E-state index contributed by atoms with van der Waals surface area (Å²) < 4.78 is 0. The second kappa shape index (κ2) is 7.25. The zero-order chi connectivity index (χ0) is 12.7. The van der Waals surface area contributed by atoms with Crippen LogP contribution in [0.15, 0.2) is 48.5 Å². The zero-order valence-corrected chi connectivity index (χ0v) is 12.1. The zero-order valence-electron chi connectivity index (χ0n) is 10.9. The average Bonchev–Trinajstić information content (AvgIpc) is 2.42. The summed E-state index contributed by atoms with van der Waals surface area (Å²) in [7, 11) is 2.70. The maximum absolute atomic E-state index is 2.70. The van der Waals surface area contributed by atoms with E-state index in [1.165, 1.54) is 22.0 Å². The van der Waals surface area contributed by atoms with Crippen LogP contribution in [0.4, 0.5) is 0 Å². The van der Waals surface area contributed by atoms with Gasteiger partial charge >= 0.3 is 0 Å². The molecule has 0 nitrogen and oxygen atoms in total. The highest BCUT2D eigenvalue weighted by molar-refractivity contribution is 7.27. The topological polar surface area (TPSA) is 0 Å². The molecule has 0 aliphatic rings. The second-order valence-corrected chi connectivity index (χ2v) is 4.34. The minimum absolute atomic E-state index is 1.10. The Balaban J connectivity index is 0.000000686. The third-order valence-electron chi connectivity index (χ3n) is 2.61. The highest BCUT2D eigenvalue weighted by atomic mass is 31.0. The van der Waals surface area contributed by atoms with Gasteiger partial charge < -0.3 is 0 Å². The van der Waals surface area contributed by atoms with Gasteiger partial charge in [0.1, 0.15) is 0 Å². The Morgan fingerprint density at radius 3 is 1.59 bits per heavy atom. The normalized spacial score (nSPS) is 9.41. The van der Waals surface area contributed by atoms with Gasteiger partial charge in [-0.2, -0.15) is 0 Å². The van der Waals surface area contributed by atoms with Crippen LogP contribution in [-0.4, -0.2) is 0 Å². The number of aryl methyl sites for hydroxylation is 1. The molecular formula is C16H21P. The van der Waals surface area contributed by atoms with Crippen molar-refractivity contribution < 1.29 is 0 Å². The third-order valence-corrected chi connectivity index (χ3v) is 2.99. The summed E-state index contributed by atoms with van der Waals surface area (Å²) in [5.41, 5.74) is 3.96. The van der Waals surface area contributed by atoms with Crippen LogP contribution in [0.3, 0.4) is 0 Å². The molecule has 1 heteroatoms. The monoisotopic (exact) mass is 244 g/mol. The minimum Gasteiger partial charge on any atom is -0.106 e. The molecule has 0 radical (unpaired) electrons. The van der Waals surface area contributed by atoms with Crippen molar-refractivity contribution in [3.63, 3.8) is 0 Å². The van der Waals surface area contributed by atoms with Crippen molar-refractivity contribution >= 4 is 14.5 Å². The van der Waals surface area contributed by atoms with Gasteiger partial charge in [-0.25, -0.2) is 0 Å². The van der Waals surface area contributed by atoms with Crippen molar-refractivity contribution in [2.24, 2.45) is 0 Å². The molecule has 90 valence electrons. The van der Waals surface area contributed by atoms with Crippen LogP contribution in [0.25, 0.3) is 11.1 Å². The van der Waals surface area contributed by atoms with Gasteiger partial charge in [-0.3, -0.25) is 0 Å². The molecule has 0 aliphatic heterocycles. The van der Waals surface area contributed by atoms with Crippen LogP contribution in [0, 0.1) is 0 Å². The number of benzene rings is 2. The SMILES string of the molecule is CC.CCc1ccc(-c2ccc(P)cc2)cc1. The van der Waals surface area contributed by atoms with E-state index < -0.39 is 0 Å². The van der Waals surface area contributed by atoms with Gasteiger partial charge in [0.25, 0.3) is 0 Å². The van der Waals surface area contributed by atoms with Gasteiger partial charge in [-0.05, 0) is 28.4 Å². The maximum Gasteiger partial charge on any atom is -0.0184 e. The first-order chi connectivity index (χ1) is 8.29. The quantitative estimate of drug-likeness (QED) is 0.685. The summed E-state index contributed by atoms with van der Waals surface area (Å²) in [6, 6.07) is 17.3. The predicted molar refractivity (Wildman–Crippen MR) is 81.9 cm³/mol. The van der Waals surface area contributed by atoms with E-state index in [1.807, 2.05) is 13.8 Å². The molecule has 0 fully saturated rings. The van der Waals surface area contributed by atoms with E-state index in [4.69, 9.17) is 0 Å². The molecule has 0 saturated carbocycles. The first kappa shape index (κ1) is 13.9. The first-order valence-electron chi connectivity index (χ1n) is 6.24. The lowest BCUT2D eigenvalue weighted by atomic mass is 10.0. The van der Waals surface area contributed by atoms with E-state index in [9.17, 15) is 0 Å². The van der Waals surface area contributed by atoms with E-state index in [0.29, 0.717) is 0 Å². The first-order valence-corrected chi connectivity index (χ1v) is 6.82. The summed E-state index contributed by atoms with van der Waals surface area (Å²) in [4.78, 5) is 0. The van der Waals surface area contributed by atoms with Crippen LogP contribution in [0.5, 0.6) is 0 Å². The summed E-state index contributed by atoms with van der Waals surface area (Å²) in [6.45, 7) is 6.18. The average molecular weight is 244 g/mol. The van der Waals surface area contributed by atoms with Crippen LogP contribution in [-0.2, 0) is 6.42 Å². The lowest BCUT2D eigenvalue weighted by Gasteiger charge is -2.03. The molecule has 1 unspecified atom stereocenters. The lowest BCUT2D eigenvalue weighted by Crippen LogP contribution is -1.88. The van der Waals surface area contributed by atoms with Crippen molar-refractivity contribution in [2.45, 2.75) is 27.2 Å². The largest absolute Gasteiger partial charge is 0.106 e. The van der Waals surface area contributed by atoms with Crippen molar-refractivity contribution in [1.82, 2.24) is 0 Å². The van der Waals surface area contributed by atoms with Crippen LogP contribution in [0.2, 0.25) is 0 Å². The fourth-order valence-corrected chi connectivity index (χ4v) is 1.80. The minimum atomic E-state index is 1.10. The molecule has 0 spiro atoms. The van der Waals surface area contributed by atoms with Crippen molar-refractivity contribution in [1.29, 1.82) is 0 Å². The molecule has 0 bridgehead atoms. The Bertz CT molecular complexity index is 426. The molecule has 1 atom stereocenters. The molecule has 2 aromatic rings. The van der Waals surface area contributed by atoms with Crippen LogP contribution >= 0.6 is 9.24 Å². The van der Waals surface area contributed by atoms with E-state index in [2.05, 4.69) is 64.7 Å². The van der Waals surface area contributed by atoms with E-state index in [1.54, 1.807) is 0 Å². The van der Waals surface area contributed by atoms with Crippen molar-refractivity contribution in [3.8, 4) is 11.1 Å².